The van der Waals surface area contributed by atoms with E-state index in [4.69, 9.17) is 9.97 Å². The van der Waals surface area contributed by atoms with Gasteiger partial charge in [-0.3, -0.25) is 14.7 Å². The number of hydrogen-bond acceptors (Lipinski definition) is 9. The Hall–Kier alpha value is -3.70. The fourth-order valence-electron chi connectivity index (χ4n) is 5.73. The van der Waals surface area contributed by atoms with Gasteiger partial charge in [0.25, 0.3) is 5.91 Å². The highest BCUT2D eigenvalue weighted by Gasteiger charge is 2.42. The van der Waals surface area contributed by atoms with Gasteiger partial charge in [0.1, 0.15) is 22.8 Å². The van der Waals surface area contributed by atoms with Gasteiger partial charge in [0.2, 0.25) is 0 Å². The Morgan fingerprint density at radius 3 is 2.79 bits per heavy atom. The van der Waals surface area contributed by atoms with Crippen LogP contribution in [0.3, 0.4) is 0 Å². The largest absolute Gasteiger partial charge is 0.349 e. The molecule has 0 aliphatic carbocycles. The van der Waals surface area contributed by atoms with Gasteiger partial charge >= 0.3 is 0 Å². The third-order valence-corrected chi connectivity index (χ3v) is 8.79. The van der Waals surface area contributed by atoms with E-state index in [-0.39, 0.29) is 12.5 Å². The molecular weight excluding hydrogens is 503 g/mol. The zero-order valence-corrected chi connectivity index (χ0v) is 21.7. The van der Waals surface area contributed by atoms with Crippen molar-refractivity contribution in [1.29, 1.82) is 0 Å². The van der Waals surface area contributed by atoms with Crippen molar-refractivity contribution in [1.82, 2.24) is 29.7 Å². The number of fused-ring (bicyclic) bond motifs is 3. The number of halogens is 1. The Bertz CT molecular complexity index is 1530. The minimum absolute atomic E-state index is 0.140. The van der Waals surface area contributed by atoms with Crippen molar-refractivity contribution in [3.8, 4) is 10.6 Å². The molecule has 6 heterocycles. The van der Waals surface area contributed by atoms with E-state index in [2.05, 4.69) is 32.1 Å². The van der Waals surface area contributed by atoms with E-state index in [1.54, 1.807) is 23.4 Å². The highest BCUT2D eigenvalue weighted by atomic mass is 32.1. The molecule has 11 heteroatoms. The lowest BCUT2D eigenvalue weighted by Gasteiger charge is -2.32. The van der Waals surface area contributed by atoms with Gasteiger partial charge in [-0.2, -0.15) is 0 Å². The third kappa shape index (κ3) is 4.25. The number of likely N-dealkylation sites (N-methyl/N-ethyl adjacent to an activating group) is 1. The van der Waals surface area contributed by atoms with E-state index in [9.17, 15) is 9.18 Å². The van der Waals surface area contributed by atoms with Crippen molar-refractivity contribution >= 4 is 44.9 Å². The number of rotatable bonds is 5. The van der Waals surface area contributed by atoms with Gasteiger partial charge in [0.15, 0.2) is 5.82 Å². The molecular formula is C27H27FN8OS. The Morgan fingerprint density at radius 1 is 1.08 bits per heavy atom. The normalized spacial score (nSPS) is 23.1. The number of carbonyl (C=O) groups excluding carboxylic acids is 1. The lowest BCUT2D eigenvalue weighted by molar-refractivity contribution is 0.0783. The van der Waals surface area contributed by atoms with Crippen LogP contribution >= 0.6 is 11.3 Å². The molecule has 3 fully saturated rings. The lowest BCUT2D eigenvalue weighted by Crippen LogP contribution is -2.44. The van der Waals surface area contributed by atoms with Crippen LogP contribution in [0, 0.1) is 0 Å². The van der Waals surface area contributed by atoms with Gasteiger partial charge in [-0.05, 0) is 32.0 Å². The standard InChI is InChI=1S/C27H27FN8OS/c1-34-14-20-8-19(34)15-36(20)25-12-29-11-24(33-25)32-23-9-21-22(10-30-23)38-26(31-21)16-3-2-4-17(7-16)27(37)35-6-5-18(28)13-35/h2-4,7,9-12,18-20H,5-6,8,13-15H2,1H3,(H,30,32,33)/t18-,19-,20-/m0/s1. The monoisotopic (exact) mass is 530 g/mol. The number of alkyl halides is 1. The van der Waals surface area contributed by atoms with E-state index in [1.807, 2.05) is 30.5 Å². The fourth-order valence-corrected chi connectivity index (χ4v) is 6.64. The lowest BCUT2D eigenvalue weighted by atomic mass is 10.1. The molecule has 1 amide bonds. The van der Waals surface area contributed by atoms with Crippen LogP contribution in [0.4, 0.5) is 21.8 Å². The number of piperazine rings is 1. The summed E-state index contributed by atoms with van der Waals surface area (Å²) in [7, 11) is 2.18. The molecule has 0 saturated carbocycles. The Labute approximate surface area is 223 Å². The second kappa shape index (κ2) is 9.25. The molecule has 2 bridgehead atoms. The van der Waals surface area contributed by atoms with Crippen molar-refractivity contribution < 1.29 is 9.18 Å². The number of benzene rings is 1. The Balaban J connectivity index is 1.10. The average Bonchev–Trinajstić information content (AvgIpc) is 3.72. The molecule has 0 radical (unpaired) electrons. The summed E-state index contributed by atoms with van der Waals surface area (Å²) in [5, 5.41) is 4.08. The molecule has 3 atom stereocenters. The van der Waals surface area contributed by atoms with E-state index in [1.165, 1.54) is 17.8 Å². The average molecular weight is 531 g/mol. The predicted molar refractivity (Wildman–Crippen MR) is 146 cm³/mol. The van der Waals surface area contributed by atoms with Crippen LogP contribution in [0.15, 0.2) is 48.9 Å². The first-order valence-corrected chi connectivity index (χ1v) is 13.7. The first kappa shape index (κ1) is 23.4. The van der Waals surface area contributed by atoms with Crippen LogP contribution in [0.1, 0.15) is 23.2 Å². The van der Waals surface area contributed by atoms with Crippen LogP contribution in [-0.4, -0.2) is 87.1 Å². The van der Waals surface area contributed by atoms with Crippen LogP contribution in [-0.2, 0) is 0 Å². The number of amides is 1. The molecule has 38 heavy (non-hydrogen) atoms. The van der Waals surface area contributed by atoms with Crippen molar-refractivity contribution in [3.05, 3.63) is 54.5 Å². The molecule has 1 aromatic carbocycles. The quantitative estimate of drug-likeness (QED) is 0.415. The summed E-state index contributed by atoms with van der Waals surface area (Å²) in [5.74, 6) is 2.03. The molecule has 0 unspecified atom stereocenters. The molecule has 4 aromatic rings. The van der Waals surface area contributed by atoms with Gasteiger partial charge in [-0.1, -0.05) is 12.1 Å². The highest BCUT2D eigenvalue weighted by molar-refractivity contribution is 7.21. The number of hydrogen-bond donors (Lipinski definition) is 1. The number of thiazole rings is 1. The predicted octanol–water partition coefficient (Wildman–Crippen LogP) is 3.97. The van der Waals surface area contributed by atoms with Crippen LogP contribution in [0.25, 0.3) is 20.8 Å². The second-order valence-corrected chi connectivity index (χ2v) is 11.3. The number of aromatic nitrogens is 4. The Kier molecular flexibility index (Phi) is 5.70. The zero-order valence-electron chi connectivity index (χ0n) is 20.9. The summed E-state index contributed by atoms with van der Waals surface area (Å²) in [6, 6.07) is 10.4. The third-order valence-electron chi connectivity index (χ3n) is 7.74. The first-order chi connectivity index (χ1) is 18.5. The van der Waals surface area contributed by atoms with Gasteiger partial charge in [0, 0.05) is 55.1 Å². The van der Waals surface area contributed by atoms with Gasteiger partial charge in [-0.15, -0.1) is 11.3 Å². The molecule has 9 nitrogen and oxygen atoms in total. The van der Waals surface area contributed by atoms with Gasteiger partial charge < -0.3 is 15.1 Å². The molecule has 0 spiro atoms. The first-order valence-electron chi connectivity index (χ1n) is 12.9. The minimum Gasteiger partial charge on any atom is -0.349 e. The maximum absolute atomic E-state index is 13.6. The molecule has 3 aromatic heterocycles. The van der Waals surface area contributed by atoms with Crippen molar-refractivity contribution in [2.75, 3.05) is 43.4 Å². The number of likely N-dealkylation sites (tertiary alicyclic amines) is 2. The maximum Gasteiger partial charge on any atom is 0.253 e. The van der Waals surface area contributed by atoms with Crippen LogP contribution in [0.2, 0.25) is 0 Å². The van der Waals surface area contributed by atoms with E-state index in [0.29, 0.717) is 42.2 Å². The van der Waals surface area contributed by atoms with Crippen molar-refractivity contribution in [2.24, 2.45) is 0 Å². The summed E-state index contributed by atoms with van der Waals surface area (Å²) in [5.41, 5.74) is 2.21. The summed E-state index contributed by atoms with van der Waals surface area (Å²) < 4.78 is 14.5. The van der Waals surface area contributed by atoms with Crippen LogP contribution < -0.4 is 10.2 Å². The van der Waals surface area contributed by atoms with Gasteiger partial charge in [-0.25, -0.2) is 19.3 Å². The number of pyridine rings is 1. The molecule has 1 N–H and O–H groups in total. The van der Waals surface area contributed by atoms with Crippen molar-refractivity contribution in [2.45, 2.75) is 31.1 Å². The summed E-state index contributed by atoms with van der Waals surface area (Å²) in [4.78, 5) is 37.8. The van der Waals surface area contributed by atoms with E-state index >= 15 is 0 Å². The fraction of sp³-hybridized carbons (Fsp3) is 0.370. The van der Waals surface area contributed by atoms with E-state index < -0.39 is 6.17 Å². The molecule has 3 aliphatic heterocycles. The summed E-state index contributed by atoms with van der Waals surface area (Å²) >= 11 is 1.52. The number of carbonyl (C=O) groups is 1. The minimum atomic E-state index is -0.938. The number of nitrogens with zero attached hydrogens (tertiary/aromatic N) is 7. The summed E-state index contributed by atoms with van der Waals surface area (Å²) in [6.07, 6.45) is 5.97. The molecule has 3 aliphatic rings. The topological polar surface area (TPSA) is 90.4 Å². The van der Waals surface area contributed by atoms with Crippen molar-refractivity contribution in [3.63, 3.8) is 0 Å². The van der Waals surface area contributed by atoms with Gasteiger partial charge in [0.05, 0.1) is 29.2 Å². The maximum atomic E-state index is 13.6. The molecule has 7 rings (SSSR count). The molecule has 194 valence electrons. The van der Waals surface area contributed by atoms with E-state index in [0.717, 1.165) is 39.7 Å². The summed E-state index contributed by atoms with van der Waals surface area (Å²) in [6.45, 7) is 2.65. The number of nitrogens with one attached hydrogen (secondary N) is 1. The SMILES string of the molecule is CN1C[C@@H]2C[C@H]1CN2c1cncc(Nc2cc3nc(-c4cccc(C(=O)N5CC[C@H](F)C5)c4)sc3cn2)n1. The number of anilines is 3. The van der Waals surface area contributed by atoms with Crippen LogP contribution in [0.5, 0.6) is 0 Å². The Morgan fingerprint density at radius 2 is 2.00 bits per heavy atom. The highest BCUT2D eigenvalue weighted by Crippen LogP contribution is 2.34. The molecule has 3 saturated heterocycles. The smallest absolute Gasteiger partial charge is 0.253 e. The second-order valence-electron chi connectivity index (χ2n) is 10.3. The zero-order chi connectivity index (χ0) is 25.8.